The first-order valence-corrected chi connectivity index (χ1v) is 7.02. The van der Waals surface area contributed by atoms with E-state index in [1.165, 1.54) is 19.3 Å². The monoisotopic (exact) mass is 229 g/mol. The number of hydrogen-bond donors (Lipinski definition) is 2. The topological polar surface area (TPSA) is 32.3 Å². The Morgan fingerprint density at radius 3 is 2.25 bits per heavy atom. The lowest BCUT2D eigenvalue weighted by Gasteiger charge is -2.18. The summed E-state index contributed by atoms with van der Waals surface area (Å²) >= 11 is 0. The molecule has 2 nitrogen and oxygen atoms in total. The Bertz CT molecular complexity index is 150. The first-order chi connectivity index (χ1) is 7.63. The maximum Gasteiger partial charge on any atom is 0.0667 e. The highest BCUT2D eigenvalue weighted by molar-refractivity contribution is 4.66. The Morgan fingerprint density at radius 1 is 1.06 bits per heavy atom. The summed E-state index contributed by atoms with van der Waals surface area (Å²) in [6.45, 7) is 10.7. The van der Waals surface area contributed by atoms with Crippen LogP contribution in [0.3, 0.4) is 0 Å². The zero-order valence-electron chi connectivity index (χ0n) is 11.6. The number of hydrogen-bond acceptors (Lipinski definition) is 2. The van der Waals surface area contributed by atoms with Gasteiger partial charge in [0.15, 0.2) is 0 Å². The molecule has 0 radical (unpaired) electrons. The molecule has 0 aliphatic carbocycles. The Hall–Kier alpha value is -0.0800. The van der Waals surface area contributed by atoms with Gasteiger partial charge in [0.25, 0.3) is 0 Å². The minimum atomic E-state index is -0.172. The smallest absolute Gasteiger partial charge is 0.0667 e. The van der Waals surface area contributed by atoms with Gasteiger partial charge >= 0.3 is 0 Å². The average Bonchev–Trinajstić information content (AvgIpc) is 2.27. The molecular weight excluding hydrogens is 198 g/mol. The fraction of sp³-hybridized carbons (Fsp3) is 1.00. The summed E-state index contributed by atoms with van der Waals surface area (Å²) in [5.41, 5.74) is 0. The molecule has 0 saturated heterocycles. The molecule has 0 heterocycles. The van der Waals surface area contributed by atoms with Crippen molar-refractivity contribution in [3.63, 3.8) is 0 Å². The van der Waals surface area contributed by atoms with E-state index in [2.05, 4.69) is 33.0 Å². The average molecular weight is 229 g/mol. The molecule has 0 bridgehead atoms. The van der Waals surface area contributed by atoms with Gasteiger partial charge in [-0.25, -0.2) is 0 Å². The molecule has 0 spiro atoms. The molecule has 0 fully saturated rings. The van der Waals surface area contributed by atoms with Gasteiger partial charge in [-0.2, -0.15) is 0 Å². The molecule has 0 aromatic carbocycles. The molecule has 0 aliphatic heterocycles. The van der Waals surface area contributed by atoms with Crippen molar-refractivity contribution in [2.45, 2.75) is 65.9 Å². The molecule has 0 saturated carbocycles. The Kier molecular flexibility index (Phi) is 10.0. The van der Waals surface area contributed by atoms with Gasteiger partial charge in [0.2, 0.25) is 0 Å². The van der Waals surface area contributed by atoms with Crippen molar-refractivity contribution < 1.29 is 5.11 Å². The highest BCUT2D eigenvalue weighted by Crippen LogP contribution is 2.11. The van der Waals surface area contributed by atoms with E-state index in [9.17, 15) is 5.11 Å². The van der Waals surface area contributed by atoms with E-state index in [-0.39, 0.29) is 6.10 Å². The lowest BCUT2D eigenvalue weighted by Crippen LogP contribution is -2.31. The predicted molar refractivity (Wildman–Crippen MR) is 71.6 cm³/mol. The normalized spacial score (nSPS) is 17.1. The second-order valence-electron chi connectivity index (χ2n) is 5.12. The maximum atomic E-state index is 9.80. The number of rotatable bonds is 10. The van der Waals surface area contributed by atoms with Crippen molar-refractivity contribution in [1.82, 2.24) is 5.32 Å². The minimum absolute atomic E-state index is 0.172. The maximum absolute atomic E-state index is 9.80. The van der Waals surface area contributed by atoms with Gasteiger partial charge in [-0.05, 0) is 31.2 Å². The molecule has 0 amide bonds. The molecule has 2 heteroatoms. The van der Waals surface area contributed by atoms with Crippen LogP contribution in [0.4, 0.5) is 0 Å². The third-order valence-electron chi connectivity index (χ3n) is 3.46. The van der Waals surface area contributed by atoms with Crippen LogP contribution in [0.5, 0.6) is 0 Å². The van der Waals surface area contributed by atoms with Crippen LogP contribution in [-0.2, 0) is 0 Å². The van der Waals surface area contributed by atoms with Crippen LogP contribution in [0, 0.1) is 11.8 Å². The van der Waals surface area contributed by atoms with Crippen LogP contribution in [0.1, 0.15) is 59.8 Å². The van der Waals surface area contributed by atoms with E-state index in [4.69, 9.17) is 0 Å². The van der Waals surface area contributed by atoms with E-state index in [1.807, 2.05) is 0 Å². The van der Waals surface area contributed by atoms with Crippen molar-refractivity contribution in [3.8, 4) is 0 Å². The van der Waals surface area contributed by atoms with Crippen molar-refractivity contribution in [2.24, 2.45) is 11.8 Å². The zero-order chi connectivity index (χ0) is 12.4. The molecule has 2 N–H and O–H groups in total. The Morgan fingerprint density at radius 2 is 1.75 bits per heavy atom. The second kappa shape index (κ2) is 10.1. The van der Waals surface area contributed by atoms with Gasteiger partial charge in [0.1, 0.15) is 0 Å². The second-order valence-corrected chi connectivity index (χ2v) is 5.12. The van der Waals surface area contributed by atoms with E-state index < -0.39 is 0 Å². The number of aliphatic hydroxyl groups is 1. The molecule has 98 valence electrons. The van der Waals surface area contributed by atoms with Gasteiger partial charge in [0.05, 0.1) is 6.10 Å². The lowest BCUT2D eigenvalue weighted by atomic mass is 9.99. The Labute approximate surface area is 102 Å². The van der Waals surface area contributed by atoms with Crippen molar-refractivity contribution >= 4 is 0 Å². The standard InChI is InChI=1S/C14H31NO/c1-5-8-13(7-3)10-15-11-14(16)9-12(4)6-2/h12-16H,5-11H2,1-4H3. The van der Waals surface area contributed by atoms with Crippen LogP contribution in [0.2, 0.25) is 0 Å². The third kappa shape index (κ3) is 8.12. The van der Waals surface area contributed by atoms with Gasteiger partial charge in [-0.3, -0.25) is 0 Å². The summed E-state index contributed by atoms with van der Waals surface area (Å²) in [5.74, 6) is 1.41. The molecule has 0 aromatic rings. The van der Waals surface area contributed by atoms with Crippen LogP contribution in [0.15, 0.2) is 0 Å². The van der Waals surface area contributed by atoms with Crippen LogP contribution in [0.25, 0.3) is 0 Å². The molecule has 3 unspecified atom stereocenters. The molecule has 0 aliphatic rings. The van der Waals surface area contributed by atoms with E-state index in [0.29, 0.717) is 5.92 Å². The first kappa shape index (κ1) is 15.9. The highest BCUT2D eigenvalue weighted by atomic mass is 16.3. The summed E-state index contributed by atoms with van der Waals surface area (Å²) in [4.78, 5) is 0. The van der Waals surface area contributed by atoms with Crippen LogP contribution < -0.4 is 5.32 Å². The van der Waals surface area contributed by atoms with Crippen molar-refractivity contribution in [1.29, 1.82) is 0 Å². The Balaban J connectivity index is 3.55. The summed E-state index contributed by atoms with van der Waals surface area (Å²) < 4.78 is 0. The van der Waals surface area contributed by atoms with Gasteiger partial charge in [-0.15, -0.1) is 0 Å². The van der Waals surface area contributed by atoms with Crippen molar-refractivity contribution in [2.75, 3.05) is 13.1 Å². The molecule has 0 rings (SSSR count). The number of nitrogens with one attached hydrogen (secondary N) is 1. The van der Waals surface area contributed by atoms with Crippen LogP contribution >= 0.6 is 0 Å². The quantitative estimate of drug-likeness (QED) is 0.603. The van der Waals surface area contributed by atoms with Crippen LogP contribution in [-0.4, -0.2) is 24.3 Å². The van der Waals surface area contributed by atoms with E-state index >= 15 is 0 Å². The molecule has 0 aromatic heterocycles. The molecule has 16 heavy (non-hydrogen) atoms. The molecule has 3 atom stereocenters. The largest absolute Gasteiger partial charge is 0.392 e. The predicted octanol–water partition coefficient (Wildman–Crippen LogP) is 3.20. The highest BCUT2D eigenvalue weighted by Gasteiger charge is 2.10. The number of aliphatic hydroxyl groups excluding tert-OH is 1. The summed E-state index contributed by atoms with van der Waals surface area (Å²) in [5, 5.41) is 13.2. The van der Waals surface area contributed by atoms with E-state index in [0.717, 1.165) is 31.8 Å². The van der Waals surface area contributed by atoms with Gasteiger partial charge in [-0.1, -0.05) is 47.0 Å². The first-order valence-electron chi connectivity index (χ1n) is 7.02. The fourth-order valence-corrected chi connectivity index (χ4v) is 2.03. The zero-order valence-corrected chi connectivity index (χ0v) is 11.6. The van der Waals surface area contributed by atoms with Crippen molar-refractivity contribution in [3.05, 3.63) is 0 Å². The third-order valence-corrected chi connectivity index (χ3v) is 3.46. The summed E-state index contributed by atoms with van der Waals surface area (Å²) in [7, 11) is 0. The minimum Gasteiger partial charge on any atom is -0.392 e. The van der Waals surface area contributed by atoms with Gasteiger partial charge < -0.3 is 10.4 Å². The SMILES string of the molecule is CCCC(CC)CNCC(O)CC(C)CC. The summed E-state index contributed by atoms with van der Waals surface area (Å²) in [6.07, 6.45) is 5.70. The van der Waals surface area contributed by atoms with Gasteiger partial charge in [0, 0.05) is 6.54 Å². The molecular formula is C14H31NO. The fourth-order valence-electron chi connectivity index (χ4n) is 2.03. The summed E-state index contributed by atoms with van der Waals surface area (Å²) in [6, 6.07) is 0. The lowest BCUT2D eigenvalue weighted by molar-refractivity contribution is 0.140. The van der Waals surface area contributed by atoms with E-state index in [1.54, 1.807) is 0 Å².